The molecule has 0 radical (unpaired) electrons. The van der Waals surface area contributed by atoms with Crippen LogP contribution in [0.5, 0.6) is 0 Å². The van der Waals surface area contributed by atoms with Crippen molar-refractivity contribution in [2.24, 2.45) is 0 Å². The molecule has 0 aliphatic heterocycles. The smallest absolute Gasteiger partial charge is 0.258 e. The molecule has 0 unspecified atom stereocenters. The Bertz CT molecular complexity index is 615. The molecule has 2 aromatic rings. The Morgan fingerprint density at radius 2 is 2.44 bits per heavy atom. The second-order valence-corrected chi connectivity index (χ2v) is 3.63. The summed E-state index contributed by atoms with van der Waals surface area (Å²) in [6.45, 7) is 0. The number of nitriles is 1. The van der Waals surface area contributed by atoms with Crippen LogP contribution in [-0.2, 0) is 0 Å². The average molecular weight is 235 g/mol. The quantitative estimate of drug-likeness (QED) is 0.441. The number of nitro groups is 1. The summed E-state index contributed by atoms with van der Waals surface area (Å²) in [4.78, 5) is 13.8. The predicted octanol–water partition coefficient (Wildman–Crippen LogP) is 1.23. The van der Waals surface area contributed by atoms with Gasteiger partial charge in [0.05, 0.1) is 4.92 Å². The fourth-order valence-electron chi connectivity index (χ4n) is 1.24. The number of fused-ring (bicyclic) bond motifs is 1. The Labute approximate surface area is 93.9 Å². The van der Waals surface area contributed by atoms with Crippen molar-refractivity contribution in [2.45, 2.75) is 5.03 Å². The Hall–Kier alpha value is -2.14. The number of thioether (sulfide) groups is 1. The van der Waals surface area contributed by atoms with E-state index >= 15 is 0 Å². The van der Waals surface area contributed by atoms with Gasteiger partial charge in [-0.05, 0) is 6.26 Å². The molecule has 0 aliphatic rings. The summed E-state index contributed by atoms with van der Waals surface area (Å²) in [5.41, 5.74) is 0.506. The van der Waals surface area contributed by atoms with Crippen molar-refractivity contribution in [2.75, 3.05) is 6.26 Å². The van der Waals surface area contributed by atoms with Crippen molar-refractivity contribution in [3.8, 4) is 6.07 Å². The van der Waals surface area contributed by atoms with E-state index in [1.54, 1.807) is 6.26 Å². The first-order valence-electron chi connectivity index (χ1n) is 4.14. The van der Waals surface area contributed by atoms with Gasteiger partial charge in [0, 0.05) is 0 Å². The Kier molecular flexibility index (Phi) is 2.46. The number of hydrogen-bond acceptors (Lipinski definition) is 6. The summed E-state index contributed by atoms with van der Waals surface area (Å²) in [7, 11) is 0. The van der Waals surface area contributed by atoms with E-state index < -0.39 is 4.92 Å². The van der Waals surface area contributed by atoms with Crippen LogP contribution in [0.2, 0.25) is 0 Å². The number of nitrogens with zero attached hydrogens (tertiary/aromatic N) is 5. The lowest BCUT2D eigenvalue weighted by Crippen LogP contribution is -1.95. The molecule has 0 aromatic carbocycles. The van der Waals surface area contributed by atoms with E-state index in [1.807, 2.05) is 6.07 Å². The molecule has 0 spiro atoms. The van der Waals surface area contributed by atoms with Gasteiger partial charge in [0.2, 0.25) is 0 Å². The van der Waals surface area contributed by atoms with E-state index in [1.165, 1.54) is 22.5 Å². The van der Waals surface area contributed by atoms with Crippen molar-refractivity contribution in [1.29, 1.82) is 5.26 Å². The van der Waals surface area contributed by atoms with Gasteiger partial charge in [-0.15, -0.1) is 11.8 Å². The first-order valence-corrected chi connectivity index (χ1v) is 5.36. The lowest BCUT2D eigenvalue weighted by Gasteiger charge is -1.92. The van der Waals surface area contributed by atoms with Crippen LogP contribution in [0, 0.1) is 21.4 Å². The minimum atomic E-state index is -0.557. The molecule has 0 bridgehead atoms. The monoisotopic (exact) mass is 235 g/mol. The van der Waals surface area contributed by atoms with E-state index in [0.29, 0.717) is 16.2 Å². The van der Waals surface area contributed by atoms with Gasteiger partial charge < -0.3 is 0 Å². The minimum absolute atomic E-state index is 0.160. The second-order valence-electron chi connectivity index (χ2n) is 2.83. The van der Waals surface area contributed by atoms with Gasteiger partial charge in [0.15, 0.2) is 5.65 Å². The number of hydrogen-bond donors (Lipinski definition) is 0. The average Bonchev–Trinajstić information content (AvgIpc) is 2.65. The van der Waals surface area contributed by atoms with Crippen LogP contribution in [0.25, 0.3) is 5.65 Å². The van der Waals surface area contributed by atoms with E-state index in [0.717, 1.165) is 6.20 Å². The maximum absolute atomic E-state index is 10.5. The van der Waals surface area contributed by atoms with E-state index in [9.17, 15) is 10.1 Å². The summed E-state index contributed by atoms with van der Waals surface area (Å²) in [5, 5.41) is 24.0. The van der Waals surface area contributed by atoms with Gasteiger partial charge in [-0.2, -0.15) is 10.4 Å². The zero-order valence-electron chi connectivity index (χ0n) is 8.12. The van der Waals surface area contributed by atoms with Crippen LogP contribution in [-0.4, -0.2) is 25.8 Å². The molecule has 0 saturated heterocycles. The minimum Gasteiger partial charge on any atom is -0.258 e. The Morgan fingerprint density at radius 1 is 1.69 bits per heavy atom. The lowest BCUT2D eigenvalue weighted by molar-refractivity contribution is -0.385. The third kappa shape index (κ3) is 1.47. The summed E-state index contributed by atoms with van der Waals surface area (Å²) >= 11 is 1.30. The first-order chi connectivity index (χ1) is 7.67. The van der Waals surface area contributed by atoms with E-state index in [4.69, 9.17) is 5.26 Å². The number of aromatic nitrogens is 3. The molecule has 0 atom stereocenters. The van der Waals surface area contributed by atoms with Crippen LogP contribution in [0.1, 0.15) is 5.56 Å². The third-order valence-corrected chi connectivity index (χ3v) is 2.62. The SMILES string of the molecule is CSc1nn2cc([N+](=O)[O-])cnc2c1C#N. The highest BCUT2D eigenvalue weighted by atomic mass is 32.2. The van der Waals surface area contributed by atoms with Crippen molar-refractivity contribution < 1.29 is 4.92 Å². The lowest BCUT2D eigenvalue weighted by atomic mass is 10.4. The highest BCUT2D eigenvalue weighted by molar-refractivity contribution is 7.98. The normalized spacial score (nSPS) is 10.2. The molecule has 2 aromatic heterocycles. The molecule has 0 amide bonds. The van der Waals surface area contributed by atoms with Crippen LogP contribution in [0.15, 0.2) is 17.4 Å². The summed E-state index contributed by atoms with van der Waals surface area (Å²) in [6, 6.07) is 1.98. The van der Waals surface area contributed by atoms with Gasteiger partial charge in [-0.3, -0.25) is 10.1 Å². The second kappa shape index (κ2) is 3.79. The molecule has 2 heterocycles. The molecular weight excluding hydrogens is 230 g/mol. The van der Waals surface area contributed by atoms with Crippen LogP contribution < -0.4 is 0 Å². The van der Waals surface area contributed by atoms with Crippen LogP contribution >= 0.6 is 11.8 Å². The molecule has 0 fully saturated rings. The van der Waals surface area contributed by atoms with Gasteiger partial charge in [-0.1, -0.05) is 0 Å². The first kappa shape index (κ1) is 10.4. The topological polar surface area (TPSA) is 97.1 Å². The maximum atomic E-state index is 10.5. The fraction of sp³-hybridized carbons (Fsp3) is 0.125. The zero-order chi connectivity index (χ0) is 11.7. The van der Waals surface area contributed by atoms with Gasteiger partial charge >= 0.3 is 5.69 Å². The largest absolute Gasteiger partial charge is 0.305 e. The Morgan fingerprint density at radius 3 is 3.00 bits per heavy atom. The van der Waals surface area contributed by atoms with Crippen LogP contribution in [0.3, 0.4) is 0 Å². The van der Waals surface area contributed by atoms with Gasteiger partial charge in [0.1, 0.15) is 29.1 Å². The molecular formula is C8H5N5O2S. The molecule has 0 aliphatic carbocycles. The Balaban J connectivity index is 2.73. The maximum Gasteiger partial charge on any atom is 0.305 e. The van der Waals surface area contributed by atoms with Gasteiger partial charge in [0.25, 0.3) is 0 Å². The summed E-state index contributed by atoms with van der Waals surface area (Å²) < 4.78 is 1.25. The highest BCUT2D eigenvalue weighted by Gasteiger charge is 2.15. The molecule has 7 nitrogen and oxygen atoms in total. The predicted molar refractivity (Wildman–Crippen MR) is 56.1 cm³/mol. The van der Waals surface area contributed by atoms with Crippen LogP contribution in [0.4, 0.5) is 5.69 Å². The molecule has 2 rings (SSSR count). The molecule has 0 saturated carbocycles. The number of rotatable bonds is 2. The molecule has 8 heteroatoms. The van der Waals surface area contributed by atoms with Crippen molar-refractivity contribution in [3.63, 3.8) is 0 Å². The summed E-state index contributed by atoms with van der Waals surface area (Å²) in [6.07, 6.45) is 4.13. The van der Waals surface area contributed by atoms with Crippen molar-refractivity contribution in [3.05, 3.63) is 28.1 Å². The van der Waals surface area contributed by atoms with Gasteiger partial charge in [-0.25, -0.2) is 9.50 Å². The van der Waals surface area contributed by atoms with E-state index in [2.05, 4.69) is 10.1 Å². The van der Waals surface area contributed by atoms with Crippen molar-refractivity contribution >= 4 is 23.1 Å². The molecule has 0 N–H and O–H groups in total. The molecule has 16 heavy (non-hydrogen) atoms. The van der Waals surface area contributed by atoms with E-state index in [-0.39, 0.29) is 5.69 Å². The van der Waals surface area contributed by atoms with Crippen molar-refractivity contribution in [1.82, 2.24) is 14.6 Å². The standard InChI is InChI=1S/C8H5N5O2S/c1-16-8-6(2-9)7-10-3-5(13(14)15)4-12(7)11-8/h3-4H,1H3. The summed E-state index contributed by atoms with van der Waals surface area (Å²) in [5.74, 6) is 0. The zero-order valence-corrected chi connectivity index (χ0v) is 8.93. The fourth-order valence-corrected chi connectivity index (χ4v) is 1.75. The third-order valence-electron chi connectivity index (χ3n) is 1.94. The highest BCUT2D eigenvalue weighted by Crippen LogP contribution is 2.22. The molecule has 80 valence electrons.